The summed E-state index contributed by atoms with van der Waals surface area (Å²) in [6.45, 7) is 12.4. The van der Waals surface area contributed by atoms with E-state index in [9.17, 15) is 4.39 Å². The maximum atomic E-state index is 13.6. The number of aromatic nitrogens is 4. The van der Waals surface area contributed by atoms with Crippen LogP contribution in [0.2, 0.25) is 18.1 Å². The van der Waals surface area contributed by atoms with E-state index in [2.05, 4.69) is 51.2 Å². The van der Waals surface area contributed by atoms with Crippen molar-refractivity contribution in [2.45, 2.75) is 69.5 Å². The van der Waals surface area contributed by atoms with Crippen LogP contribution < -0.4 is 0 Å². The number of fused-ring (bicyclic) bond motifs is 2. The molecule has 2 atom stereocenters. The monoisotopic (exact) mass is 538 g/mol. The molecule has 0 amide bonds. The van der Waals surface area contributed by atoms with Crippen molar-refractivity contribution in [3.63, 3.8) is 0 Å². The van der Waals surface area contributed by atoms with Gasteiger partial charge in [0.1, 0.15) is 5.82 Å². The standard InChI is InChI=1S/C29H39FN4OSSi/c1-28(2,3)37(5,6)35-20-29-14-21(19-36-26-17-31-33(4)18-26)7-8-23(29)13-27-22(15-29)16-32-34(27)25-11-9-24(30)10-12-25/h9-13,16-18,21H,7-8,14-15,19-20H2,1-6H3/q-1/t21-,29-/m0/s1. The van der Waals surface area contributed by atoms with Crippen LogP contribution in [0.25, 0.3) is 11.8 Å². The zero-order valence-corrected chi connectivity index (χ0v) is 24.7. The minimum atomic E-state index is -1.91. The van der Waals surface area contributed by atoms with E-state index < -0.39 is 8.32 Å². The molecule has 2 aliphatic carbocycles. The van der Waals surface area contributed by atoms with Crippen molar-refractivity contribution >= 4 is 26.2 Å². The molecule has 2 heterocycles. The molecule has 2 aromatic heterocycles. The third kappa shape index (κ3) is 5.38. The van der Waals surface area contributed by atoms with Crippen LogP contribution in [0.1, 0.15) is 51.3 Å². The van der Waals surface area contributed by atoms with E-state index in [-0.39, 0.29) is 16.3 Å². The van der Waals surface area contributed by atoms with Crippen LogP contribution in [0.3, 0.4) is 0 Å². The quantitative estimate of drug-likeness (QED) is 0.234. The minimum Gasteiger partial charge on any atom is -0.564 e. The molecule has 8 heteroatoms. The summed E-state index contributed by atoms with van der Waals surface area (Å²) in [5.41, 5.74) is 4.77. The van der Waals surface area contributed by atoms with Crippen LogP contribution in [0.15, 0.2) is 53.3 Å². The Hall–Kier alpha value is -2.16. The highest BCUT2D eigenvalue weighted by Gasteiger charge is 2.44. The molecular weight excluding hydrogens is 499 g/mol. The van der Waals surface area contributed by atoms with Gasteiger partial charge in [-0.2, -0.15) is 10.2 Å². The first-order valence-electron chi connectivity index (χ1n) is 13.3. The summed E-state index contributed by atoms with van der Waals surface area (Å²) in [6.07, 6.45) is 12.8. The minimum absolute atomic E-state index is 0.00239. The third-order valence-corrected chi connectivity index (χ3v) is 14.3. The van der Waals surface area contributed by atoms with E-state index in [1.165, 1.54) is 34.6 Å². The Labute approximate surface area is 225 Å². The number of halogens is 1. The Morgan fingerprint density at radius 1 is 1.16 bits per heavy atom. The van der Waals surface area contributed by atoms with E-state index in [1.807, 2.05) is 40.6 Å². The van der Waals surface area contributed by atoms with Gasteiger partial charge in [-0.3, -0.25) is 4.68 Å². The summed E-state index contributed by atoms with van der Waals surface area (Å²) < 4.78 is 24.3. The Balaban J connectivity index is 1.43. The summed E-state index contributed by atoms with van der Waals surface area (Å²) in [5.74, 6) is 1.49. The van der Waals surface area contributed by atoms with Crippen LogP contribution >= 0.6 is 11.8 Å². The molecule has 0 bridgehead atoms. The fraction of sp³-hybridized carbons (Fsp3) is 0.517. The van der Waals surface area contributed by atoms with Crippen LogP contribution in [0.5, 0.6) is 0 Å². The largest absolute Gasteiger partial charge is 0.564 e. The topological polar surface area (TPSA) is 44.9 Å². The van der Waals surface area contributed by atoms with Gasteiger partial charge in [-0.1, -0.05) is 26.3 Å². The number of aryl methyl sites for hydroxylation is 1. The zero-order valence-electron chi connectivity index (χ0n) is 22.9. The SMILES string of the molecule is Cn1cc(SC[C@H]2CCC3=Cc4c(cnn4-c4ccc(F)cc4)C[C@]3(CO[Si-](C)(C)C(C)(C)C)C2)cn1. The highest BCUT2D eigenvalue weighted by Crippen LogP contribution is 2.52. The molecule has 5 nitrogen and oxygen atoms in total. The zero-order chi connectivity index (χ0) is 26.4. The summed E-state index contributed by atoms with van der Waals surface area (Å²) in [5, 5.41) is 9.25. The van der Waals surface area contributed by atoms with Crippen molar-refractivity contribution < 1.29 is 8.82 Å². The van der Waals surface area contributed by atoms with E-state index in [4.69, 9.17) is 9.52 Å². The van der Waals surface area contributed by atoms with Gasteiger partial charge in [0, 0.05) is 35.9 Å². The molecule has 5 rings (SSSR count). The predicted molar refractivity (Wildman–Crippen MR) is 152 cm³/mol. The average Bonchev–Trinajstić information content (AvgIpc) is 3.45. The van der Waals surface area contributed by atoms with Crippen molar-refractivity contribution in [2.75, 3.05) is 12.4 Å². The van der Waals surface area contributed by atoms with E-state index in [0.717, 1.165) is 43.0 Å². The van der Waals surface area contributed by atoms with Gasteiger partial charge in [-0.25, -0.2) is 9.07 Å². The van der Waals surface area contributed by atoms with Gasteiger partial charge in [0.15, 0.2) is 0 Å². The van der Waals surface area contributed by atoms with Gasteiger partial charge in [-0.05, 0) is 75.8 Å². The lowest BCUT2D eigenvalue weighted by Gasteiger charge is -2.53. The highest BCUT2D eigenvalue weighted by atomic mass is 32.2. The fourth-order valence-corrected chi connectivity index (χ4v) is 7.52. The summed E-state index contributed by atoms with van der Waals surface area (Å²) in [7, 11) is 0.0678. The second-order valence-corrected chi connectivity index (χ2v) is 18.3. The van der Waals surface area contributed by atoms with Crippen molar-refractivity contribution in [1.82, 2.24) is 19.6 Å². The first-order valence-corrected chi connectivity index (χ1v) is 17.1. The number of hydrogen-bond donors (Lipinski definition) is 0. The number of rotatable bonds is 7. The van der Waals surface area contributed by atoms with Gasteiger partial charge >= 0.3 is 0 Å². The van der Waals surface area contributed by atoms with Crippen molar-refractivity contribution in [2.24, 2.45) is 18.4 Å². The van der Waals surface area contributed by atoms with Crippen LogP contribution in [0, 0.1) is 17.2 Å². The van der Waals surface area contributed by atoms with Gasteiger partial charge in [0.25, 0.3) is 0 Å². The normalized spacial score (nSPS) is 21.9. The van der Waals surface area contributed by atoms with Gasteiger partial charge in [-0.15, -0.1) is 29.9 Å². The van der Waals surface area contributed by atoms with E-state index in [0.29, 0.717) is 5.92 Å². The molecule has 1 fully saturated rings. The second-order valence-electron chi connectivity index (χ2n) is 12.4. The van der Waals surface area contributed by atoms with Gasteiger partial charge in [0.2, 0.25) is 0 Å². The average molecular weight is 539 g/mol. The predicted octanol–water partition coefficient (Wildman–Crippen LogP) is 7.29. The Kier molecular flexibility index (Phi) is 7.05. The maximum absolute atomic E-state index is 13.6. The number of benzene rings is 1. The molecule has 0 saturated heterocycles. The van der Waals surface area contributed by atoms with Crippen molar-refractivity contribution in [3.05, 3.63) is 65.5 Å². The number of thioether (sulfide) groups is 1. The summed E-state index contributed by atoms with van der Waals surface area (Å²) in [4.78, 5) is 1.24. The Morgan fingerprint density at radius 3 is 2.59 bits per heavy atom. The molecule has 1 aromatic carbocycles. The molecule has 199 valence electrons. The smallest absolute Gasteiger partial charge is 0.123 e. The van der Waals surface area contributed by atoms with Crippen molar-refractivity contribution in [1.29, 1.82) is 0 Å². The second kappa shape index (κ2) is 9.86. The van der Waals surface area contributed by atoms with Crippen LogP contribution in [-0.4, -0.2) is 40.2 Å². The molecule has 37 heavy (non-hydrogen) atoms. The molecule has 2 aliphatic rings. The first kappa shape index (κ1) is 26.4. The van der Waals surface area contributed by atoms with Gasteiger partial charge < -0.3 is 4.43 Å². The molecule has 0 aliphatic heterocycles. The maximum Gasteiger partial charge on any atom is 0.123 e. The van der Waals surface area contributed by atoms with Crippen LogP contribution in [0.4, 0.5) is 4.39 Å². The van der Waals surface area contributed by atoms with Crippen molar-refractivity contribution in [3.8, 4) is 5.69 Å². The lowest BCUT2D eigenvalue weighted by molar-refractivity contribution is 0.115. The van der Waals surface area contributed by atoms with Crippen LogP contribution in [-0.2, 0) is 17.9 Å². The lowest BCUT2D eigenvalue weighted by Crippen LogP contribution is -2.47. The molecule has 0 spiro atoms. The highest BCUT2D eigenvalue weighted by molar-refractivity contribution is 7.99. The molecule has 0 radical (unpaired) electrons. The molecule has 0 N–H and O–H groups in total. The first-order chi connectivity index (χ1) is 17.5. The van der Waals surface area contributed by atoms with E-state index in [1.54, 1.807) is 12.1 Å². The Morgan fingerprint density at radius 2 is 1.92 bits per heavy atom. The number of hydrogen-bond acceptors (Lipinski definition) is 4. The number of nitrogens with zero attached hydrogens (tertiary/aromatic N) is 4. The lowest BCUT2D eigenvalue weighted by atomic mass is 9.62. The Bertz CT molecular complexity index is 1290. The molecule has 1 saturated carbocycles. The molecule has 0 unspecified atom stereocenters. The summed E-state index contributed by atoms with van der Waals surface area (Å²) >= 11 is 1.92. The molecule has 3 aromatic rings. The van der Waals surface area contributed by atoms with Gasteiger partial charge in [0.05, 0.1) is 23.8 Å². The fourth-order valence-electron chi connectivity index (χ4n) is 5.39. The summed E-state index contributed by atoms with van der Waals surface area (Å²) in [6, 6.07) is 6.61. The molecular formula is C29H39FN4OSSi-. The van der Waals surface area contributed by atoms with E-state index >= 15 is 0 Å². The third-order valence-electron chi connectivity index (χ3n) is 8.66.